The minimum atomic E-state index is -3.33. The summed E-state index contributed by atoms with van der Waals surface area (Å²) < 4.78 is 43.2. The minimum absolute atomic E-state index is 0.0201. The molecular weight excluding hydrogens is 684 g/mol. The van der Waals surface area contributed by atoms with Crippen LogP contribution in [0, 0.1) is 11.3 Å². The molecule has 0 spiro atoms. The Labute approximate surface area is 299 Å². The first-order chi connectivity index (χ1) is 22.6. The Hall–Kier alpha value is -3.28. The summed E-state index contributed by atoms with van der Waals surface area (Å²) in [5.41, 5.74) is 7.09. The average Bonchev–Trinajstić information content (AvgIpc) is 3.27. The molecular formula is C37H49ClN2O7S2. The van der Waals surface area contributed by atoms with E-state index in [-0.39, 0.29) is 44.5 Å². The lowest BCUT2D eigenvalue weighted by Gasteiger charge is -2.43. The van der Waals surface area contributed by atoms with Crippen molar-refractivity contribution in [3.63, 3.8) is 0 Å². The number of carbonyl (C=O) groups excluding carboxylic acids is 2. The van der Waals surface area contributed by atoms with Gasteiger partial charge in [-0.3, -0.25) is 0 Å². The number of anilines is 2. The van der Waals surface area contributed by atoms with E-state index in [1.807, 2.05) is 24.3 Å². The van der Waals surface area contributed by atoms with E-state index in [4.69, 9.17) is 31.5 Å². The zero-order valence-electron chi connectivity index (χ0n) is 29.6. The van der Waals surface area contributed by atoms with Gasteiger partial charge in [0.25, 0.3) is 0 Å². The third kappa shape index (κ3) is 11.1. The number of halogens is 1. The van der Waals surface area contributed by atoms with Crippen molar-refractivity contribution >= 4 is 56.1 Å². The molecule has 1 heterocycles. The highest BCUT2D eigenvalue weighted by atomic mass is 35.5. The number of benzene rings is 2. The normalized spacial score (nSPS) is 18.1. The smallest absolute Gasteiger partial charge is 0.352 e. The number of rotatable bonds is 11. The van der Waals surface area contributed by atoms with Gasteiger partial charge < -0.3 is 25.3 Å². The summed E-state index contributed by atoms with van der Waals surface area (Å²) in [6, 6.07) is 14.9. The number of thiophene rings is 1. The van der Waals surface area contributed by atoms with Crippen LogP contribution in [0.25, 0.3) is 10.4 Å². The van der Waals surface area contributed by atoms with Gasteiger partial charge in [0.2, 0.25) is 0 Å². The van der Waals surface area contributed by atoms with Gasteiger partial charge in [0.1, 0.15) is 16.2 Å². The molecule has 0 radical (unpaired) electrons. The lowest BCUT2D eigenvalue weighted by molar-refractivity contribution is -0.157. The minimum Gasteiger partial charge on any atom is -0.479 e. The molecule has 2 atom stereocenters. The monoisotopic (exact) mass is 732 g/mol. The van der Waals surface area contributed by atoms with E-state index < -0.39 is 39.6 Å². The van der Waals surface area contributed by atoms with Crippen LogP contribution in [0.15, 0.2) is 48.5 Å². The number of hydrogen-bond acceptors (Lipinski definition) is 10. The van der Waals surface area contributed by atoms with Crippen LogP contribution < -0.4 is 15.8 Å². The second-order valence-corrected chi connectivity index (χ2v) is 19.0. The van der Waals surface area contributed by atoms with Gasteiger partial charge in [-0.15, -0.1) is 11.3 Å². The molecule has 1 fully saturated rings. The zero-order valence-corrected chi connectivity index (χ0v) is 32.0. The highest BCUT2D eigenvalue weighted by Crippen LogP contribution is 2.47. The molecule has 1 saturated carbocycles. The molecule has 1 aliphatic carbocycles. The molecule has 0 amide bonds. The Morgan fingerprint density at radius 1 is 1.00 bits per heavy atom. The molecule has 2 aromatic carbocycles. The Morgan fingerprint density at radius 3 is 2.31 bits per heavy atom. The molecule has 0 aliphatic heterocycles. The molecule has 3 N–H and O–H groups in total. The summed E-state index contributed by atoms with van der Waals surface area (Å²) in [7, 11) is -3.33. The third-order valence-corrected chi connectivity index (χ3v) is 11.5. The number of ether oxygens (including phenoxy) is 3. The molecule has 4 rings (SSSR count). The van der Waals surface area contributed by atoms with Gasteiger partial charge in [0.15, 0.2) is 27.1 Å². The third-order valence-electron chi connectivity index (χ3n) is 8.18. The lowest BCUT2D eigenvalue weighted by Crippen LogP contribution is -2.41. The molecule has 49 heavy (non-hydrogen) atoms. The zero-order chi connectivity index (χ0) is 36.4. The van der Waals surface area contributed by atoms with Crippen LogP contribution >= 0.6 is 22.9 Å². The summed E-state index contributed by atoms with van der Waals surface area (Å²) in [4.78, 5) is 26.4. The summed E-state index contributed by atoms with van der Waals surface area (Å²) in [6.07, 6.45) is 2.38. The fourth-order valence-corrected chi connectivity index (χ4v) is 9.56. The molecule has 12 heteroatoms. The summed E-state index contributed by atoms with van der Waals surface area (Å²) in [6.45, 7) is 14.4. The first-order valence-electron chi connectivity index (χ1n) is 16.4. The van der Waals surface area contributed by atoms with Crippen LogP contribution in [0.5, 0.6) is 5.75 Å². The molecule has 268 valence electrons. The topological polar surface area (TPSA) is 134 Å². The molecule has 1 unspecified atom stereocenters. The Kier molecular flexibility index (Phi) is 11.7. The van der Waals surface area contributed by atoms with Gasteiger partial charge in [0.05, 0.1) is 16.4 Å². The van der Waals surface area contributed by atoms with Gasteiger partial charge in [-0.1, -0.05) is 49.7 Å². The molecule has 1 aliphatic rings. The summed E-state index contributed by atoms with van der Waals surface area (Å²) in [5.74, 6) is -0.980. The Bertz CT molecular complexity index is 1770. The predicted molar refractivity (Wildman–Crippen MR) is 198 cm³/mol. The number of sulfone groups is 1. The summed E-state index contributed by atoms with van der Waals surface area (Å²) >= 11 is 7.99. The van der Waals surface area contributed by atoms with Crippen molar-refractivity contribution in [1.29, 1.82) is 0 Å². The molecule has 3 aromatic rings. The van der Waals surface area contributed by atoms with Crippen LogP contribution in [-0.4, -0.2) is 50.0 Å². The van der Waals surface area contributed by atoms with Crippen molar-refractivity contribution in [3.05, 3.63) is 64.0 Å². The fraction of sp³-hybridized carbons (Fsp3) is 0.514. The van der Waals surface area contributed by atoms with E-state index in [0.717, 1.165) is 41.9 Å². The SMILES string of the molecule is CC(C)(C)OC(=O)COc1c(C(=O)OC(C)(C)C)sc(-c2cccc(N[C@H]3CCC(CS(=O)(=O)Cc4cccc(N)c4)C(C)(C)C3)c2)c1Cl. The van der Waals surface area contributed by atoms with Crippen LogP contribution in [0.3, 0.4) is 0 Å². The van der Waals surface area contributed by atoms with Crippen molar-refractivity contribution in [1.82, 2.24) is 0 Å². The van der Waals surface area contributed by atoms with Gasteiger partial charge >= 0.3 is 11.9 Å². The van der Waals surface area contributed by atoms with E-state index >= 15 is 0 Å². The second-order valence-electron chi connectivity index (χ2n) is 15.5. The number of nitrogens with one attached hydrogen (secondary N) is 1. The van der Waals surface area contributed by atoms with Crippen molar-refractivity contribution < 1.29 is 32.2 Å². The van der Waals surface area contributed by atoms with Crippen LogP contribution in [-0.2, 0) is 29.9 Å². The van der Waals surface area contributed by atoms with Crippen molar-refractivity contribution in [2.24, 2.45) is 11.3 Å². The van der Waals surface area contributed by atoms with Crippen molar-refractivity contribution in [2.45, 2.75) is 97.6 Å². The highest BCUT2D eigenvalue weighted by Gasteiger charge is 2.39. The maximum atomic E-state index is 13.2. The highest BCUT2D eigenvalue weighted by molar-refractivity contribution is 7.90. The van der Waals surface area contributed by atoms with Crippen LogP contribution in [0.1, 0.15) is 89.9 Å². The molecule has 9 nitrogen and oxygen atoms in total. The fourth-order valence-electron chi connectivity index (χ4n) is 6.09. The first kappa shape index (κ1) is 38.5. The van der Waals surface area contributed by atoms with Crippen LogP contribution in [0.2, 0.25) is 5.02 Å². The lowest BCUT2D eigenvalue weighted by atomic mass is 9.68. The van der Waals surface area contributed by atoms with Crippen molar-refractivity contribution in [3.8, 4) is 16.2 Å². The predicted octanol–water partition coefficient (Wildman–Crippen LogP) is 8.55. The number of carbonyl (C=O) groups is 2. The standard InChI is InChI=1S/C37H49ClN2O7S2/c1-35(2,3)46-29(41)20-45-31-30(38)32(48-33(31)34(42)47-36(4,5)6)24-12-10-14-27(18-24)40-28-16-15-25(37(7,8)19-28)22-49(43,44)21-23-11-9-13-26(39)17-23/h9-14,17-18,25,28,40H,15-16,19-22,39H2,1-8H3/t25?,28-/m0/s1. The second kappa shape index (κ2) is 14.9. The first-order valence-corrected chi connectivity index (χ1v) is 19.4. The van der Waals surface area contributed by atoms with Gasteiger partial charge in [-0.05, 0) is 108 Å². The largest absolute Gasteiger partial charge is 0.479 e. The average molecular weight is 733 g/mol. The maximum absolute atomic E-state index is 13.2. The Balaban J connectivity index is 1.50. The molecule has 1 aromatic heterocycles. The van der Waals surface area contributed by atoms with E-state index in [1.165, 1.54) is 0 Å². The van der Waals surface area contributed by atoms with Crippen molar-refractivity contribution in [2.75, 3.05) is 23.4 Å². The number of nitrogens with two attached hydrogens (primary N) is 1. The summed E-state index contributed by atoms with van der Waals surface area (Å²) in [5, 5.41) is 3.85. The van der Waals surface area contributed by atoms with E-state index in [2.05, 4.69) is 19.2 Å². The molecule has 0 saturated heterocycles. The number of hydrogen-bond donors (Lipinski definition) is 2. The number of esters is 2. The maximum Gasteiger partial charge on any atom is 0.352 e. The Morgan fingerprint density at radius 2 is 1.67 bits per heavy atom. The van der Waals surface area contributed by atoms with Crippen LogP contribution in [0.4, 0.5) is 11.4 Å². The quantitative estimate of drug-likeness (QED) is 0.147. The van der Waals surface area contributed by atoms with Gasteiger partial charge in [0, 0.05) is 17.4 Å². The van der Waals surface area contributed by atoms with Gasteiger partial charge in [-0.25, -0.2) is 18.0 Å². The van der Waals surface area contributed by atoms with E-state index in [1.54, 1.807) is 65.8 Å². The van der Waals surface area contributed by atoms with Gasteiger partial charge in [-0.2, -0.15) is 0 Å². The van der Waals surface area contributed by atoms with E-state index in [0.29, 0.717) is 16.1 Å². The molecule has 0 bridgehead atoms. The number of nitrogen functional groups attached to an aromatic ring is 1. The van der Waals surface area contributed by atoms with E-state index in [9.17, 15) is 18.0 Å².